The van der Waals surface area contributed by atoms with Crippen LogP contribution in [0.3, 0.4) is 0 Å². The van der Waals surface area contributed by atoms with E-state index in [1.807, 2.05) is 0 Å². The topological polar surface area (TPSA) is 94.6 Å². The Morgan fingerprint density at radius 3 is 2.52 bits per heavy atom. The minimum Gasteiger partial charge on any atom is -0.308 e. The molecule has 0 unspecified atom stereocenters. The summed E-state index contributed by atoms with van der Waals surface area (Å²) in [5, 5.41) is 5.25. The summed E-state index contributed by atoms with van der Waals surface area (Å²) in [5.41, 5.74) is 1.57. The van der Waals surface area contributed by atoms with E-state index in [2.05, 4.69) is 20.5 Å². The van der Waals surface area contributed by atoms with E-state index < -0.39 is 21.9 Å². The Labute approximate surface area is 169 Å². The molecule has 1 aliphatic heterocycles. The number of pyridine rings is 1. The van der Waals surface area contributed by atoms with E-state index in [0.717, 1.165) is 0 Å². The van der Waals surface area contributed by atoms with E-state index in [0.29, 0.717) is 49.7 Å². The maximum Gasteiger partial charge on any atom is 0.323 e. The number of amides is 2. The number of rotatable bonds is 6. The maximum atomic E-state index is 14.0. The fourth-order valence-corrected chi connectivity index (χ4v) is 4.24. The molecule has 2 aromatic rings. The van der Waals surface area contributed by atoms with E-state index >= 15 is 0 Å². The highest BCUT2D eigenvalue weighted by atomic mass is 32.2. The van der Waals surface area contributed by atoms with Gasteiger partial charge in [-0.1, -0.05) is 0 Å². The van der Waals surface area contributed by atoms with Crippen LogP contribution in [-0.4, -0.2) is 60.6 Å². The number of urea groups is 1. The summed E-state index contributed by atoms with van der Waals surface area (Å²) in [5.74, 6) is -0.362. The summed E-state index contributed by atoms with van der Waals surface area (Å²) in [6.45, 7) is 4.08. The Balaban J connectivity index is 1.59. The standard InChI is InChI=1S/C19H24FN5O3S/c1-2-29(27,28)25-8-6-24(7-9-25)14-15-10-16(20)12-18(11-15)23-19(26)22-17-4-3-5-21-13-17/h3-5,10-13H,2,6-9,14H2,1H3,(H2,22,23,26). The molecule has 0 bridgehead atoms. The number of halogens is 1. The van der Waals surface area contributed by atoms with Gasteiger partial charge in [0.15, 0.2) is 0 Å². The number of carbonyl (C=O) groups excluding carboxylic acids is 1. The smallest absolute Gasteiger partial charge is 0.308 e. The summed E-state index contributed by atoms with van der Waals surface area (Å²) in [6, 6.07) is 7.27. The van der Waals surface area contributed by atoms with Gasteiger partial charge in [0.25, 0.3) is 0 Å². The van der Waals surface area contributed by atoms with Crippen LogP contribution in [0.2, 0.25) is 0 Å². The molecule has 29 heavy (non-hydrogen) atoms. The Kier molecular flexibility index (Phi) is 6.78. The molecule has 0 aliphatic carbocycles. The van der Waals surface area contributed by atoms with Gasteiger partial charge in [0.1, 0.15) is 5.82 Å². The average molecular weight is 421 g/mol. The average Bonchev–Trinajstić information content (AvgIpc) is 2.68. The fourth-order valence-electron chi connectivity index (χ4n) is 3.15. The third-order valence-corrected chi connectivity index (χ3v) is 6.51. The van der Waals surface area contributed by atoms with Crippen LogP contribution in [0, 0.1) is 5.82 Å². The lowest BCUT2D eigenvalue weighted by atomic mass is 10.1. The molecule has 1 aliphatic rings. The molecule has 1 saturated heterocycles. The van der Waals surface area contributed by atoms with Gasteiger partial charge in [-0.05, 0) is 42.8 Å². The molecule has 0 atom stereocenters. The second kappa shape index (κ2) is 9.29. The van der Waals surface area contributed by atoms with Crippen molar-refractivity contribution in [2.24, 2.45) is 0 Å². The molecule has 0 radical (unpaired) electrons. The first kappa shape index (κ1) is 21.2. The van der Waals surface area contributed by atoms with Gasteiger partial charge in [0.2, 0.25) is 10.0 Å². The number of nitrogens with zero attached hydrogens (tertiary/aromatic N) is 3. The van der Waals surface area contributed by atoms with Gasteiger partial charge >= 0.3 is 6.03 Å². The summed E-state index contributed by atoms with van der Waals surface area (Å²) >= 11 is 0. The molecular weight excluding hydrogens is 397 g/mol. The summed E-state index contributed by atoms with van der Waals surface area (Å²) < 4.78 is 39.4. The van der Waals surface area contributed by atoms with Crippen molar-refractivity contribution in [2.45, 2.75) is 13.5 Å². The number of anilines is 2. The van der Waals surface area contributed by atoms with Crippen molar-refractivity contribution in [1.82, 2.24) is 14.2 Å². The minimum absolute atomic E-state index is 0.0903. The van der Waals surface area contributed by atoms with Crippen molar-refractivity contribution in [1.29, 1.82) is 0 Å². The van der Waals surface area contributed by atoms with Gasteiger partial charge in [0.05, 0.1) is 17.6 Å². The minimum atomic E-state index is -3.18. The third kappa shape index (κ3) is 5.96. The number of benzene rings is 1. The van der Waals surface area contributed by atoms with Gasteiger partial charge in [0, 0.05) is 44.6 Å². The van der Waals surface area contributed by atoms with E-state index in [-0.39, 0.29) is 5.75 Å². The number of hydrogen-bond acceptors (Lipinski definition) is 5. The van der Waals surface area contributed by atoms with Gasteiger partial charge in [-0.2, -0.15) is 4.31 Å². The number of nitrogens with one attached hydrogen (secondary N) is 2. The van der Waals surface area contributed by atoms with Crippen LogP contribution < -0.4 is 10.6 Å². The largest absolute Gasteiger partial charge is 0.323 e. The zero-order chi connectivity index (χ0) is 20.9. The highest BCUT2D eigenvalue weighted by Gasteiger charge is 2.25. The van der Waals surface area contributed by atoms with E-state index in [1.165, 1.54) is 22.6 Å². The molecule has 0 spiro atoms. The molecule has 156 valence electrons. The molecule has 1 fully saturated rings. The second-order valence-electron chi connectivity index (χ2n) is 6.74. The number of piperazine rings is 1. The van der Waals surface area contributed by atoms with Crippen molar-refractivity contribution < 1.29 is 17.6 Å². The monoisotopic (exact) mass is 421 g/mol. The highest BCUT2D eigenvalue weighted by Crippen LogP contribution is 2.18. The molecule has 2 heterocycles. The van der Waals surface area contributed by atoms with Crippen LogP contribution in [0.4, 0.5) is 20.6 Å². The fraction of sp³-hybridized carbons (Fsp3) is 0.368. The van der Waals surface area contributed by atoms with Crippen LogP contribution in [0.5, 0.6) is 0 Å². The van der Waals surface area contributed by atoms with Crippen LogP contribution in [0.25, 0.3) is 0 Å². The molecule has 2 amide bonds. The summed E-state index contributed by atoms with van der Waals surface area (Å²) in [6.07, 6.45) is 3.11. The van der Waals surface area contributed by atoms with Crippen LogP contribution in [-0.2, 0) is 16.6 Å². The number of hydrogen-bond donors (Lipinski definition) is 2. The molecule has 10 heteroatoms. The van der Waals surface area contributed by atoms with Crippen molar-refractivity contribution in [3.63, 3.8) is 0 Å². The quantitative estimate of drug-likeness (QED) is 0.747. The van der Waals surface area contributed by atoms with Crippen molar-refractivity contribution in [2.75, 3.05) is 42.6 Å². The predicted octanol–water partition coefficient (Wildman–Crippen LogP) is 2.33. The summed E-state index contributed by atoms with van der Waals surface area (Å²) in [4.78, 5) is 18.1. The number of aromatic nitrogens is 1. The first-order valence-corrected chi connectivity index (χ1v) is 10.9. The zero-order valence-electron chi connectivity index (χ0n) is 16.1. The van der Waals surface area contributed by atoms with Crippen LogP contribution in [0.1, 0.15) is 12.5 Å². The second-order valence-corrected chi connectivity index (χ2v) is 9.00. The molecule has 0 saturated carbocycles. The van der Waals surface area contributed by atoms with Gasteiger partial charge in [-0.3, -0.25) is 9.88 Å². The lowest BCUT2D eigenvalue weighted by Crippen LogP contribution is -2.48. The molecule has 1 aromatic carbocycles. The Bertz CT molecular complexity index is 948. The zero-order valence-corrected chi connectivity index (χ0v) is 17.0. The first-order chi connectivity index (χ1) is 13.9. The van der Waals surface area contributed by atoms with Gasteiger partial charge in [-0.25, -0.2) is 17.6 Å². The third-order valence-electron chi connectivity index (χ3n) is 4.63. The van der Waals surface area contributed by atoms with Crippen LogP contribution >= 0.6 is 0 Å². The van der Waals surface area contributed by atoms with Gasteiger partial charge < -0.3 is 10.6 Å². The van der Waals surface area contributed by atoms with E-state index in [9.17, 15) is 17.6 Å². The van der Waals surface area contributed by atoms with Crippen molar-refractivity contribution >= 4 is 27.4 Å². The lowest BCUT2D eigenvalue weighted by Gasteiger charge is -2.33. The van der Waals surface area contributed by atoms with Crippen LogP contribution in [0.15, 0.2) is 42.7 Å². The SMILES string of the molecule is CCS(=O)(=O)N1CCN(Cc2cc(F)cc(NC(=O)Nc3cccnc3)c2)CC1. The molecule has 1 aromatic heterocycles. The van der Waals surface area contributed by atoms with Gasteiger partial charge in [-0.15, -0.1) is 0 Å². The first-order valence-electron chi connectivity index (χ1n) is 9.33. The van der Waals surface area contributed by atoms with E-state index in [1.54, 1.807) is 31.3 Å². The van der Waals surface area contributed by atoms with Crippen molar-refractivity contribution in [3.05, 3.63) is 54.1 Å². The lowest BCUT2D eigenvalue weighted by molar-refractivity contribution is 0.181. The predicted molar refractivity (Wildman–Crippen MR) is 110 cm³/mol. The van der Waals surface area contributed by atoms with Crippen molar-refractivity contribution in [3.8, 4) is 0 Å². The Morgan fingerprint density at radius 2 is 1.86 bits per heavy atom. The molecular formula is C19H24FN5O3S. The number of sulfonamides is 1. The Morgan fingerprint density at radius 1 is 1.14 bits per heavy atom. The normalized spacial score (nSPS) is 15.8. The highest BCUT2D eigenvalue weighted by molar-refractivity contribution is 7.89. The molecule has 8 nitrogen and oxygen atoms in total. The van der Waals surface area contributed by atoms with E-state index in [4.69, 9.17) is 0 Å². The summed E-state index contributed by atoms with van der Waals surface area (Å²) in [7, 11) is -3.18. The maximum absolute atomic E-state index is 14.0. The number of carbonyl (C=O) groups is 1. The molecule has 2 N–H and O–H groups in total. The Hall–Kier alpha value is -2.56. The molecule has 3 rings (SSSR count).